The zero-order chi connectivity index (χ0) is 40.9. The summed E-state index contributed by atoms with van der Waals surface area (Å²) in [5, 5.41) is 20.6. The molecule has 0 aliphatic rings. The number of H-pyrrole nitrogens is 2. The second-order valence-electron chi connectivity index (χ2n) is 12.1. The second-order valence-corrected chi connectivity index (χ2v) is 12.1. The monoisotopic (exact) mass is 779 g/mol. The lowest BCUT2D eigenvalue weighted by Crippen LogP contribution is -2.30. The van der Waals surface area contributed by atoms with Gasteiger partial charge >= 0.3 is 24.3 Å². The Morgan fingerprint density at radius 3 is 2.18 bits per heavy atom. The fraction of sp³-hybridized carbons (Fsp3) is 0.351. The maximum atomic E-state index is 13.5. The highest BCUT2D eigenvalue weighted by molar-refractivity contribution is 5.95. The summed E-state index contributed by atoms with van der Waals surface area (Å²) in [6, 6.07) is 13.7. The van der Waals surface area contributed by atoms with Gasteiger partial charge in [-0.3, -0.25) is 14.6 Å². The Morgan fingerprint density at radius 2 is 1.56 bits per heavy atom. The van der Waals surface area contributed by atoms with Crippen LogP contribution >= 0.6 is 0 Å². The van der Waals surface area contributed by atoms with Crippen molar-refractivity contribution in [2.75, 3.05) is 7.11 Å². The molecule has 55 heavy (non-hydrogen) atoms. The Kier molecular flexibility index (Phi) is 15.3. The van der Waals surface area contributed by atoms with Crippen LogP contribution in [0.25, 0.3) is 32.9 Å². The van der Waals surface area contributed by atoms with E-state index >= 15 is 0 Å². The number of methoxy groups -OCH3 is 1. The van der Waals surface area contributed by atoms with Crippen LogP contribution in [0.2, 0.25) is 0 Å². The molecule has 0 spiro atoms. The van der Waals surface area contributed by atoms with Crippen LogP contribution in [-0.2, 0) is 25.6 Å². The summed E-state index contributed by atoms with van der Waals surface area (Å²) in [6.07, 6.45) is 0.113. The highest BCUT2D eigenvalue weighted by atomic mass is 19.4. The number of fused-ring (bicyclic) bond motifs is 2. The predicted molar refractivity (Wildman–Crippen MR) is 189 cm³/mol. The number of nitrogens with zero attached hydrogens (tertiary/aromatic N) is 2. The van der Waals surface area contributed by atoms with Crippen molar-refractivity contribution in [1.29, 1.82) is 0 Å². The van der Waals surface area contributed by atoms with Crippen molar-refractivity contribution in [2.24, 2.45) is 0 Å². The first-order chi connectivity index (χ1) is 25.8. The average Bonchev–Trinajstić information content (AvgIpc) is 3.74. The normalized spacial score (nSPS) is 11.9. The largest absolute Gasteiger partial charge is 0.497 e. The summed E-state index contributed by atoms with van der Waals surface area (Å²) in [6.45, 7) is 3.89. The van der Waals surface area contributed by atoms with Crippen molar-refractivity contribution in [2.45, 2.75) is 77.2 Å². The minimum atomic E-state index is -5.08. The minimum absolute atomic E-state index is 0.0721. The number of hydrogen-bond acceptors (Lipinski definition) is 7. The molecule has 5 N–H and O–H groups in total. The van der Waals surface area contributed by atoms with Crippen LogP contribution in [0.3, 0.4) is 0 Å². The molecule has 2 aromatic carbocycles. The molecule has 0 fully saturated rings. The summed E-state index contributed by atoms with van der Waals surface area (Å²) in [7, 11) is 1.64. The number of carbonyl (C=O) groups excluding carboxylic acids is 2. The first kappa shape index (κ1) is 43.5. The van der Waals surface area contributed by atoms with E-state index < -0.39 is 24.3 Å². The molecule has 1 amide bonds. The Labute approximate surface area is 310 Å². The van der Waals surface area contributed by atoms with Crippen molar-refractivity contribution in [3.05, 3.63) is 78.1 Å². The molecule has 296 valence electrons. The Hall–Kier alpha value is -5.94. The SMILES string of the molecule is CCC(=O)CCCCC[C@H](NC(=O)Cc1c(C)[nH]c2ccc(OC)cc12)c1ncc(-c2cccc3cnccc23)[nH]1.O=C(O)C(F)(F)F.O=C(O)C(F)(F)F. The standard InChI is InChI=1S/C33H37N5O3.2C2HF3O2/c1-4-23(39)10-6-5-7-12-30(33-35-20-31(38-33)26-11-8-9-22-19-34-16-15-25(22)26)37-32(40)18-27-21(2)36-29-14-13-24(41-3)17-28(27)29;2*3-2(4,5)1(6)7/h8-9,11,13-17,19-20,30,36H,4-7,10,12,18H2,1-3H3,(H,35,38)(H,37,40);2*(H,6,7)/t30-;;/m0../s1. The van der Waals surface area contributed by atoms with Crippen molar-refractivity contribution in [3.63, 3.8) is 0 Å². The molecule has 3 heterocycles. The third kappa shape index (κ3) is 12.9. The Balaban J connectivity index is 0.000000494. The van der Waals surface area contributed by atoms with Gasteiger partial charge in [0.2, 0.25) is 5.91 Å². The van der Waals surface area contributed by atoms with E-state index in [4.69, 9.17) is 29.5 Å². The summed E-state index contributed by atoms with van der Waals surface area (Å²) in [5.41, 5.74) is 4.83. The molecule has 0 saturated heterocycles. The Morgan fingerprint density at radius 1 is 0.891 bits per heavy atom. The highest BCUT2D eigenvalue weighted by Crippen LogP contribution is 2.30. The number of carboxylic acid groups (broad SMARTS) is 2. The van der Waals surface area contributed by atoms with Gasteiger partial charge in [-0.1, -0.05) is 38.0 Å². The number of unbranched alkanes of at least 4 members (excludes halogenated alkanes) is 2. The van der Waals surface area contributed by atoms with E-state index in [1.807, 2.05) is 62.6 Å². The number of benzene rings is 2. The van der Waals surface area contributed by atoms with Gasteiger partial charge in [-0.05, 0) is 55.0 Å². The van der Waals surface area contributed by atoms with E-state index in [-0.39, 0.29) is 18.4 Å². The number of pyridine rings is 1. The van der Waals surface area contributed by atoms with Gasteiger partial charge < -0.3 is 30.2 Å². The van der Waals surface area contributed by atoms with E-state index in [1.54, 1.807) is 13.3 Å². The smallest absolute Gasteiger partial charge is 0.490 e. The van der Waals surface area contributed by atoms with Crippen LogP contribution in [0.5, 0.6) is 5.75 Å². The molecule has 5 rings (SSSR count). The number of carbonyl (C=O) groups is 4. The lowest BCUT2D eigenvalue weighted by Gasteiger charge is -2.17. The fourth-order valence-corrected chi connectivity index (χ4v) is 5.43. The summed E-state index contributed by atoms with van der Waals surface area (Å²) in [5.74, 6) is -3.81. The number of nitrogens with one attached hydrogen (secondary N) is 3. The van der Waals surface area contributed by atoms with Gasteiger partial charge in [0.25, 0.3) is 0 Å². The van der Waals surface area contributed by atoms with Crippen molar-refractivity contribution < 1.29 is 60.5 Å². The van der Waals surface area contributed by atoms with Gasteiger partial charge in [0.15, 0.2) is 0 Å². The zero-order valence-electron chi connectivity index (χ0n) is 29.9. The lowest BCUT2D eigenvalue weighted by molar-refractivity contribution is -0.193. The number of Topliss-reactive ketones (excluding diaryl/α,β-unsaturated/α-hetero) is 1. The lowest BCUT2D eigenvalue weighted by atomic mass is 10.0. The quantitative estimate of drug-likeness (QED) is 0.0583. The first-order valence-corrected chi connectivity index (χ1v) is 16.8. The molecule has 0 bridgehead atoms. The van der Waals surface area contributed by atoms with E-state index in [1.165, 1.54) is 0 Å². The number of ether oxygens (including phenoxy) is 1. The number of halogens is 6. The van der Waals surface area contributed by atoms with E-state index in [2.05, 4.69) is 26.3 Å². The third-order valence-electron chi connectivity index (χ3n) is 8.22. The number of aryl methyl sites for hydroxylation is 1. The Bertz CT molecular complexity index is 2060. The molecular formula is C37H39F6N5O7. The van der Waals surface area contributed by atoms with E-state index in [0.29, 0.717) is 18.6 Å². The zero-order valence-corrected chi connectivity index (χ0v) is 29.9. The minimum Gasteiger partial charge on any atom is -0.497 e. The molecule has 12 nitrogen and oxygen atoms in total. The average molecular weight is 780 g/mol. The number of aliphatic carboxylic acids is 2. The third-order valence-corrected chi connectivity index (χ3v) is 8.22. The molecule has 0 radical (unpaired) electrons. The molecule has 18 heteroatoms. The van der Waals surface area contributed by atoms with Crippen LogP contribution in [0.4, 0.5) is 26.3 Å². The summed E-state index contributed by atoms with van der Waals surface area (Å²) < 4.78 is 68.9. The number of amides is 1. The van der Waals surface area contributed by atoms with Crippen molar-refractivity contribution in [3.8, 4) is 17.0 Å². The summed E-state index contributed by atoms with van der Waals surface area (Å²) in [4.78, 5) is 58.8. The number of ketones is 1. The maximum absolute atomic E-state index is 13.5. The molecule has 0 unspecified atom stereocenters. The number of aromatic amines is 2. The fourth-order valence-electron chi connectivity index (χ4n) is 5.43. The topological polar surface area (TPSA) is 187 Å². The summed E-state index contributed by atoms with van der Waals surface area (Å²) >= 11 is 0. The predicted octanol–water partition coefficient (Wildman–Crippen LogP) is 8.02. The second kappa shape index (κ2) is 19.4. The first-order valence-electron chi connectivity index (χ1n) is 16.8. The number of alkyl halides is 6. The van der Waals surface area contributed by atoms with Crippen LogP contribution in [0.1, 0.15) is 68.6 Å². The number of imidazole rings is 1. The van der Waals surface area contributed by atoms with Crippen molar-refractivity contribution in [1.82, 2.24) is 25.3 Å². The maximum Gasteiger partial charge on any atom is 0.490 e. The van der Waals surface area contributed by atoms with E-state index in [9.17, 15) is 35.9 Å². The molecule has 0 aliphatic heterocycles. The van der Waals surface area contributed by atoms with E-state index in [0.717, 1.165) is 81.4 Å². The molecule has 0 saturated carbocycles. The number of hydrogen-bond donors (Lipinski definition) is 5. The molecule has 5 aromatic rings. The number of aromatic nitrogens is 4. The van der Waals surface area contributed by atoms with Gasteiger partial charge in [0.1, 0.15) is 17.4 Å². The molecule has 0 aliphatic carbocycles. The van der Waals surface area contributed by atoms with Gasteiger partial charge in [-0.15, -0.1) is 0 Å². The van der Waals surface area contributed by atoms with Gasteiger partial charge in [0, 0.05) is 52.8 Å². The van der Waals surface area contributed by atoms with Crippen LogP contribution in [-0.4, -0.2) is 73.2 Å². The highest BCUT2D eigenvalue weighted by Gasteiger charge is 2.39. The van der Waals surface area contributed by atoms with Crippen LogP contribution < -0.4 is 10.1 Å². The molecule has 1 atom stereocenters. The number of rotatable bonds is 13. The van der Waals surface area contributed by atoms with Crippen molar-refractivity contribution >= 4 is 45.3 Å². The molecule has 3 aromatic heterocycles. The van der Waals surface area contributed by atoms with Crippen LogP contribution in [0.15, 0.2) is 61.1 Å². The molecular weight excluding hydrogens is 740 g/mol. The van der Waals surface area contributed by atoms with Gasteiger partial charge in [-0.2, -0.15) is 26.3 Å². The van der Waals surface area contributed by atoms with Gasteiger partial charge in [-0.25, -0.2) is 14.6 Å². The van der Waals surface area contributed by atoms with Crippen LogP contribution in [0, 0.1) is 6.92 Å². The number of carboxylic acids is 2. The van der Waals surface area contributed by atoms with Gasteiger partial charge in [0.05, 0.1) is 31.5 Å².